The number of H-pyrrole nitrogens is 2. The summed E-state index contributed by atoms with van der Waals surface area (Å²) < 4.78 is 40.8. The smallest absolute Gasteiger partial charge is 0.127 e. The van der Waals surface area contributed by atoms with Gasteiger partial charge in [0.05, 0.1) is 60.6 Å². The van der Waals surface area contributed by atoms with Gasteiger partial charge in [-0.05, 0) is 140 Å². The Balaban J connectivity index is 0.819. The molecule has 2 aliphatic rings. The molecule has 626 valence electrons. The second-order valence-electron chi connectivity index (χ2n) is 31.5. The van der Waals surface area contributed by atoms with E-state index in [0.29, 0.717) is 83.6 Å². The van der Waals surface area contributed by atoms with Crippen molar-refractivity contribution in [3.8, 4) is 67.5 Å². The molecule has 0 fully saturated rings. The highest BCUT2D eigenvalue weighted by Crippen LogP contribution is 2.54. The van der Waals surface area contributed by atoms with Gasteiger partial charge in [0, 0.05) is 119 Å². The first-order valence-electron chi connectivity index (χ1n) is 43.3. The number of hydrogen-bond acceptors (Lipinski definition) is 10. The van der Waals surface area contributed by atoms with E-state index in [2.05, 4.69) is 338 Å². The van der Waals surface area contributed by atoms with Crippen molar-refractivity contribution in [2.75, 3.05) is 51.1 Å². The van der Waals surface area contributed by atoms with E-state index >= 15 is 0 Å². The molecule has 0 atom stereocenters. The van der Waals surface area contributed by atoms with Gasteiger partial charge in [0.2, 0.25) is 0 Å². The molecule has 0 aliphatic carbocycles. The highest BCUT2D eigenvalue weighted by atomic mass is 31.2. The van der Waals surface area contributed by atoms with Gasteiger partial charge in [0.1, 0.15) is 23.0 Å². The Labute approximate surface area is 748 Å². The van der Waals surface area contributed by atoms with Gasteiger partial charge in [-0.3, -0.25) is 9.49 Å². The zero-order valence-corrected chi connectivity index (χ0v) is 74.2. The molecule has 12 nitrogen and oxygen atoms in total. The third kappa shape index (κ3) is 17.5. The van der Waals surface area contributed by atoms with Gasteiger partial charge in [-0.15, -0.1) is 0 Å². The summed E-state index contributed by atoms with van der Waals surface area (Å²) >= 11 is 0. The third-order valence-electron chi connectivity index (χ3n) is 23.7. The number of hydrogen-bond donors (Lipinski definition) is 4. The number of fused-ring (bicyclic) bond motifs is 8. The van der Waals surface area contributed by atoms with Gasteiger partial charge >= 0.3 is 0 Å². The van der Waals surface area contributed by atoms with Crippen LogP contribution >= 0.6 is 28.2 Å². The van der Waals surface area contributed by atoms with Crippen molar-refractivity contribution in [1.29, 1.82) is 10.3 Å². The van der Waals surface area contributed by atoms with Crippen LogP contribution in [0.4, 0.5) is 11.4 Å². The molecule has 0 saturated carbocycles. The van der Waals surface area contributed by atoms with Crippen molar-refractivity contribution in [2.45, 2.75) is 0 Å². The zero-order valence-electron chi connectivity index (χ0n) is 70.6. The number of benzene rings is 14. The molecule has 0 radical (unpaired) electrons. The summed E-state index contributed by atoms with van der Waals surface area (Å²) in [4.78, 5) is 20.0. The quantitative estimate of drug-likeness (QED) is 0.0327. The Kier molecular flexibility index (Phi) is 25.0. The van der Waals surface area contributed by atoms with Crippen LogP contribution in [0.15, 0.2) is 434 Å². The maximum absolute atomic E-state index is 10.4. The molecule has 5 heterocycles. The average Bonchev–Trinajstić information content (AvgIpc) is 1.55. The van der Waals surface area contributed by atoms with E-state index in [-0.39, 0.29) is 13.2 Å². The largest absolute Gasteiger partial charge is 0.492 e. The molecule has 17 aromatic rings. The second-order valence-corrected chi connectivity index (χ2v) is 44.1. The standard InChI is InChI=1S/C112H94N8O4P4/c113-125(85-43-15-3-16-44-85,86-45-17-4-18-46-86)79-75-121-105-63-35-31-59-93(105)109-97-67-68-98(115-97)110(94-60-32-36-64-106(94)122-76-80-126(114,87-47-19-5-20-48-87)88-49-21-6-22-50-88)100-70-72-102(117-100)112(96-62-34-38-66-108(96)124-78-82-128(91-55-27-9-28-56-91,92-57-29-10-30-58-92)120-84-41-13-2-14-42-84)104-74-73-103(118-104)111(101-71-69-99(109)116-101)95-61-33-37-65-107(95)123-77-81-127(89-51-23-7-24-52-89,90-53-25-8-26-54-90)119-83-39-11-1-12-40-83/h1-74,113-115,118H,75-82H2. The summed E-state index contributed by atoms with van der Waals surface area (Å²) in [6.45, 7) is 1.16. The van der Waals surface area contributed by atoms with E-state index < -0.39 is 28.2 Å². The summed E-state index contributed by atoms with van der Waals surface area (Å²) in [6, 6.07) is 146. The van der Waals surface area contributed by atoms with Crippen LogP contribution in [0.2, 0.25) is 0 Å². The van der Waals surface area contributed by atoms with Gasteiger partial charge in [-0.1, -0.05) is 352 Å². The number of aromatic amines is 2. The van der Waals surface area contributed by atoms with E-state index in [4.69, 9.17) is 38.4 Å². The van der Waals surface area contributed by atoms with Gasteiger partial charge < -0.3 is 39.2 Å². The fourth-order valence-corrected chi connectivity index (χ4v) is 29.3. The van der Waals surface area contributed by atoms with Crippen LogP contribution in [0.25, 0.3) is 90.9 Å². The molecule has 14 aromatic carbocycles. The minimum atomic E-state index is -2.72. The van der Waals surface area contributed by atoms with Crippen LogP contribution < -0.4 is 61.4 Å². The number of nitrogens with zero attached hydrogens (tertiary/aromatic N) is 4. The lowest BCUT2D eigenvalue weighted by Crippen LogP contribution is -2.21. The SMILES string of the molecule is N=P(CCOc1ccccc1-c1c2nc(c(-c3ccccc3OCCP(=Nc3ccccc3)(c3ccccc3)c3ccccc3)c3ccc([nH]3)c(-c3ccccc3OCCP(=Nc3ccccc3)(c3ccccc3)c3ccccc3)c3nc(c(-c4ccccc4OCCP(=N)(c4ccccc4)c4ccccc4)c4ccc1[nH]4)C=C3)C=C2)(c1ccccc1)c1ccccc1. The lowest BCUT2D eigenvalue weighted by atomic mass is 10.0. The molecular weight excluding hydrogens is 1650 g/mol. The summed E-state index contributed by atoms with van der Waals surface area (Å²) in [6.07, 6.45) is 10.6. The molecule has 4 N–H and O–H groups in total. The van der Waals surface area contributed by atoms with Crippen molar-refractivity contribution in [2.24, 2.45) is 9.49 Å². The lowest BCUT2D eigenvalue weighted by Gasteiger charge is -2.26. The minimum absolute atomic E-state index is 0.260. The van der Waals surface area contributed by atoms with E-state index in [1.54, 1.807) is 0 Å². The highest BCUT2D eigenvalue weighted by Gasteiger charge is 2.32. The van der Waals surface area contributed by atoms with Gasteiger partial charge in [-0.25, -0.2) is 9.97 Å². The molecular formula is C112H94N8O4P4. The van der Waals surface area contributed by atoms with Crippen molar-refractivity contribution in [3.05, 3.63) is 447 Å². The summed E-state index contributed by atoms with van der Waals surface area (Å²) in [5, 5.41) is 29.4. The molecule has 0 saturated heterocycles. The first-order chi connectivity index (χ1) is 63.2. The van der Waals surface area contributed by atoms with Crippen LogP contribution in [-0.2, 0) is 0 Å². The van der Waals surface area contributed by atoms with E-state index in [0.717, 1.165) is 120 Å². The molecule has 19 rings (SSSR count). The Morgan fingerprint density at radius 3 is 0.648 bits per heavy atom. The Morgan fingerprint density at radius 1 is 0.219 bits per heavy atom. The number of nitrogens with one attached hydrogen (secondary N) is 4. The Hall–Kier alpha value is -14.2. The lowest BCUT2D eigenvalue weighted by molar-refractivity contribution is 0.344. The van der Waals surface area contributed by atoms with E-state index in [9.17, 15) is 10.3 Å². The summed E-state index contributed by atoms with van der Waals surface area (Å²) in [7, 11) is -10.6. The molecule has 16 heteroatoms. The van der Waals surface area contributed by atoms with Gasteiger partial charge in [0.15, 0.2) is 0 Å². The van der Waals surface area contributed by atoms with Crippen LogP contribution in [-0.4, -0.2) is 71.0 Å². The first-order valence-corrected chi connectivity index (χ1v) is 51.1. The Morgan fingerprint density at radius 2 is 0.414 bits per heavy atom. The van der Waals surface area contributed by atoms with E-state index in [1.807, 2.05) is 121 Å². The van der Waals surface area contributed by atoms with Crippen LogP contribution in [0.1, 0.15) is 22.8 Å². The van der Waals surface area contributed by atoms with Crippen LogP contribution in [0.5, 0.6) is 23.0 Å². The third-order valence-corrected chi connectivity index (χ3v) is 37.5. The molecule has 2 aliphatic heterocycles. The topological polar surface area (TPSA) is 167 Å². The molecule has 8 bridgehead atoms. The van der Waals surface area contributed by atoms with Gasteiger partial charge in [0.25, 0.3) is 0 Å². The number of rotatable bonds is 30. The minimum Gasteiger partial charge on any atom is -0.492 e. The monoisotopic (exact) mass is 1740 g/mol. The molecule has 3 aromatic heterocycles. The van der Waals surface area contributed by atoms with Crippen molar-refractivity contribution in [3.63, 3.8) is 0 Å². The van der Waals surface area contributed by atoms with Crippen molar-refractivity contribution < 1.29 is 18.9 Å². The summed E-state index contributed by atoms with van der Waals surface area (Å²) in [5.74, 6) is 2.61. The predicted molar refractivity (Wildman–Crippen MR) is 541 cm³/mol. The van der Waals surface area contributed by atoms with Crippen LogP contribution in [0.3, 0.4) is 0 Å². The number of ether oxygens (including phenoxy) is 4. The predicted octanol–water partition coefficient (Wildman–Crippen LogP) is 26.1. The second kappa shape index (κ2) is 38.3. The maximum atomic E-state index is 10.4. The van der Waals surface area contributed by atoms with Crippen LogP contribution in [0, 0.1) is 10.3 Å². The first kappa shape index (κ1) is 83.4. The average molecular weight is 1740 g/mol. The van der Waals surface area contributed by atoms with Gasteiger partial charge in [-0.2, -0.15) is 0 Å². The fraction of sp³-hybridized carbons (Fsp3) is 0.0714. The van der Waals surface area contributed by atoms with Crippen molar-refractivity contribution in [1.82, 2.24) is 19.9 Å². The fourth-order valence-electron chi connectivity index (χ4n) is 17.5. The molecule has 0 spiro atoms. The molecule has 128 heavy (non-hydrogen) atoms. The Bertz CT molecular complexity index is 6670. The van der Waals surface area contributed by atoms with E-state index in [1.165, 1.54) is 0 Å². The maximum Gasteiger partial charge on any atom is 0.127 e. The highest BCUT2D eigenvalue weighted by molar-refractivity contribution is 7.81. The summed E-state index contributed by atoms with van der Waals surface area (Å²) in [5.41, 5.74) is 14.0. The van der Waals surface area contributed by atoms with Crippen molar-refractivity contribution >= 4 is 128 Å². The molecule has 0 amide bonds. The number of aromatic nitrogens is 4. The number of para-hydroxylation sites is 4. The molecule has 0 unspecified atom stereocenters. The normalized spacial score (nSPS) is 12.0. The zero-order chi connectivity index (χ0) is 86.4.